The molecule has 0 unspecified atom stereocenters. The van der Waals surface area contributed by atoms with Crippen molar-refractivity contribution in [3.8, 4) is 0 Å². The summed E-state index contributed by atoms with van der Waals surface area (Å²) in [5.41, 5.74) is 2.44. The summed E-state index contributed by atoms with van der Waals surface area (Å²) in [5, 5.41) is 3.72. The summed E-state index contributed by atoms with van der Waals surface area (Å²) >= 11 is 5.90. The maximum Gasteiger partial charge on any atom is 0.205 e. The summed E-state index contributed by atoms with van der Waals surface area (Å²) in [5.74, 6) is 0.329. The van der Waals surface area contributed by atoms with Gasteiger partial charge in [0.15, 0.2) is 0 Å². The number of halogens is 2. The second-order valence-corrected chi connectivity index (χ2v) is 4.32. The zero-order valence-corrected chi connectivity index (χ0v) is 10.0. The number of anilines is 2. The monoisotopic (exact) mass is 261 g/mol. The second kappa shape index (κ2) is 4.31. The molecule has 0 fully saturated rings. The Balaban J connectivity index is 1.92. The van der Waals surface area contributed by atoms with Gasteiger partial charge in [-0.25, -0.2) is 9.37 Å². The number of benzene rings is 2. The zero-order valence-electron chi connectivity index (χ0n) is 9.24. The van der Waals surface area contributed by atoms with Gasteiger partial charge in [0.1, 0.15) is 5.82 Å². The van der Waals surface area contributed by atoms with E-state index in [-0.39, 0.29) is 5.82 Å². The van der Waals surface area contributed by atoms with Gasteiger partial charge in [0.25, 0.3) is 0 Å². The van der Waals surface area contributed by atoms with Crippen LogP contribution < -0.4 is 5.32 Å². The Morgan fingerprint density at radius 1 is 1.11 bits per heavy atom. The van der Waals surface area contributed by atoms with Crippen molar-refractivity contribution in [2.24, 2.45) is 0 Å². The van der Waals surface area contributed by atoms with E-state index in [1.165, 1.54) is 12.1 Å². The van der Waals surface area contributed by atoms with Crippen molar-refractivity contribution in [3.05, 3.63) is 53.3 Å². The average molecular weight is 262 g/mol. The molecule has 2 aromatic carbocycles. The molecule has 5 heteroatoms. The van der Waals surface area contributed by atoms with Crippen molar-refractivity contribution in [1.82, 2.24) is 9.97 Å². The smallest absolute Gasteiger partial charge is 0.205 e. The molecule has 90 valence electrons. The molecule has 0 aliphatic rings. The van der Waals surface area contributed by atoms with Gasteiger partial charge in [-0.1, -0.05) is 11.6 Å². The number of rotatable bonds is 2. The largest absolute Gasteiger partial charge is 0.326 e. The van der Waals surface area contributed by atoms with E-state index in [1.54, 1.807) is 24.3 Å². The van der Waals surface area contributed by atoms with Crippen molar-refractivity contribution >= 4 is 34.3 Å². The molecule has 3 rings (SSSR count). The first kappa shape index (κ1) is 11.0. The topological polar surface area (TPSA) is 40.7 Å². The SMILES string of the molecule is Fc1ccc(Nc2nc3ccc(Cl)cc3[nH]2)cc1. The number of imidazole rings is 1. The molecule has 3 aromatic rings. The molecule has 0 aliphatic carbocycles. The lowest BCUT2D eigenvalue weighted by Crippen LogP contribution is -1.91. The van der Waals surface area contributed by atoms with Crippen LogP contribution in [0.15, 0.2) is 42.5 Å². The van der Waals surface area contributed by atoms with Crippen LogP contribution in [0.3, 0.4) is 0 Å². The van der Waals surface area contributed by atoms with Gasteiger partial charge in [-0.05, 0) is 42.5 Å². The van der Waals surface area contributed by atoms with Gasteiger partial charge >= 0.3 is 0 Å². The summed E-state index contributed by atoms with van der Waals surface area (Å²) in [6, 6.07) is 11.5. The van der Waals surface area contributed by atoms with Crippen molar-refractivity contribution in [1.29, 1.82) is 0 Å². The number of nitrogens with zero attached hydrogens (tertiary/aromatic N) is 1. The Morgan fingerprint density at radius 3 is 2.67 bits per heavy atom. The van der Waals surface area contributed by atoms with E-state index in [0.717, 1.165) is 16.7 Å². The Kier molecular flexibility index (Phi) is 2.64. The fourth-order valence-corrected chi connectivity index (χ4v) is 1.88. The molecule has 3 nitrogen and oxygen atoms in total. The van der Waals surface area contributed by atoms with E-state index in [1.807, 2.05) is 6.07 Å². The fraction of sp³-hybridized carbons (Fsp3) is 0. The van der Waals surface area contributed by atoms with Crippen LogP contribution in [0.4, 0.5) is 16.0 Å². The molecular weight excluding hydrogens is 253 g/mol. The molecule has 0 radical (unpaired) electrons. The maximum atomic E-state index is 12.8. The summed E-state index contributed by atoms with van der Waals surface area (Å²) in [7, 11) is 0. The van der Waals surface area contributed by atoms with E-state index >= 15 is 0 Å². The minimum Gasteiger partial charge on any atom is -0.326 e. The predicted molar refractivity (Wildman–Crippen MR) is 70.8 cm³/mol. The van der Waals surface area contributed by atoms with Crippen LogP contribution in [-0.2, 0) is 0 Å². The number of fused-ring (bicyclic) bond motifs is 1. The minimum atomic E-state index is -0.267. The van der Waals surface area contributed by atoms with Crippen molar-refractivity contribution < 1.29 is 4.39 Å². The Bertz CT molecular complexity index is 691. The molecule has 0 saturated heterocycles. The third kappa shape index (κ3) is 2.15. The molecule has 0 spiro atoms. The van der Waals surface area contributed by atoms with Crippen LogP contribution in [0.2, 0.25) is 5.02 Å². The van der Waals surface area contributed by atoms with Crippen molar-refractivity contribution in [2.75, 3.05) is 5.32 Å². The highest BCUT2D eigenvalue weighted by molar-refractivity contribution is 6.31. The van der Waals surface area contributed by atoms with Gasteiger partial charge in [-0.3, -0.25) is 0 Å². The van der Waals surface area contributed by atoms with E-state index in [2.05, 4.69) is 15.3 Å². The Morgan fingerprint density at radius 2 is 1.89 bits per heavy atom. The molecule has 0 atom stereocenters. The Hall–Kier alpha value is -2.07. The lowest BCUT2D eigenvalue weighted by molar-refractivity contribution is 0.628. The molecule has 0 saturated carbocycles. The van der Waals surface area contributed by atoms with Gasteiger partial charge in [0.2, 0.25) is 5.95 Å². The Labute approximate surface area is 108 Å². The van der Waals surface area contributed by atoms with E-state index in [0.29, 0.717) is 11.0 Å². The second-order valence-electron chi connectivity index (χ2n) is 3.88. The number of hydrogen-bond donors (Lipinski definition) is 2. The zero-order chi connectivity index (χ0) is 12.5. The van der Waals surface area contributed by atoms with Crippen LogP contribution in [0.25, 0.3) is 11.0 Å². The summed E-state index contributed by atoms with van der Waals surface area (Å²) in [6.45, 7) is 0. The maximum absolute atomic E-state index is 12.8. The normalized spacial score (nSPS) is 10.8. The molecule has 1 heterocycles. The number of aromatic amines is 1. The molecule has 0 bridgehead atoms. The average Bonchev–Trinajstić information content (AvgIpc) is 2.73. The highest BCUT2D eigenvalue weighted by atomic mass is 35.5. The number of nitrogens with one attached hydrogen (secondary N) is 2. The standard InChI is InChI=1S/C13H9ClFN3/c14-8-1-6-11-12(7-8)18-13(17-11)16-10-4-2-9(15)3-5-10/h1-7H,(H2,16,17,18). The van der Waals surface area contributed by atoms with Crippen LogP contribution in [0, 0.1) is 5.82 Å². The van der Waals surface area contributed by atoms with Crippen LogP contribution in [0.1, 0.15) is 0 Å². The molecule has 18 heavy (non-hydrogen) atoms. The molecule has 0 aliphatic heterocycles. The summed E-state index contributed by atoms with van der Waals surface area (Å²) in [4.78, 5) is 7.45. The lowest BCUT2D eigenvalue weighted by Gasteiger charge is -2.01. The van der Waals surface area contributed by atoms with Crippen LogP contribution in [0.5, 0.6) is 0 Å². The van der Waals surface area contributed by atoms with Gasteiger partial charge in [0.05, 0.1) is 11.0 Å². The summed E-state index contributed by atoms with van der Waals surface area (Å²) < 4.78 is 12.8. The highest BCUT2D eigenvalue weighted by Crippen LogP contribution is 2.21. The number of hydrogen-bond acceptors (Lipinski definition) is 2. The van der Waals surface area contributed by atoms with Crippen molar-refractivity contribution in [2.45, 2.75) is 0 Å². The van der Waals surface area contributed by atoms with E-state index in [9.17, 15) is 4.39 Å². The third-order valence-corrected chi connectivity index (χ3v) is 2.79. The number of H-pyrrole nitrogens is 1. The van der Waals surface area contributed by atoms with E-state index in [4.69, 9.17) is 11.6 Å². The first-order valence-electron chi connectivity index (χ1n) is 5.38. The molecule has 2 N–H and O–H groups in total. The third-order valence-electron chi connectivity index (χ3n) is 2.55. The van der Waals surface area contributed by atoms with Crippen LogP contribution >= 0.6 is 11.6 Å². The van der Waals surface area contributed by atoms with Crippen LogP contribution in [-0.4, -0.2) is 9.97 Å². The minimum absolute atomic E-state index is 0.267. The molecule has 1 aromatic heterocycles. The van der Waals surface area contributed by atoms with Gasteiger partial charge in [-0.15, -0.1) is 0 Å². The van der Waals surface area contributed by atoms with Gasteiger partial charge < -0.3 is 10.3 Å². The quantitative estimate of drug-likeness (QED) is 0.729. The van der Waals surface area contributed by atoms with E-state index < -0.39 is 0 Å². The van der Waals surface area contributed by atoms with Crippen molar-refractivity contribution in [3.63, 3.8) is 0 Å². The lowest BCUT2D eigenvalue weighted by atomic mass is 10.3. The first-order chi connectivity index (χ1) is 8.70. The first-order valence-corrected chi connectivity index (χ1v) is 5.76. The summed E-state index contributed by atoms with van der Waals surface area (Å²) in [6.07, 6.45) is 0. The highest BCUT2D eigenvalue weighted by Gasteiger charge is 2.03. The predicted octanol–water partition coefficient (Wildman–Crippen LogP) is 4.10. The number of aromatic nitrogens is 2. The fourth-order valence-electron chi connectivity index (χ4n) is 1.71. The molecular formula is C13H9ClFN3. The van der Waals surface area contributed by atoms with Gasteiger partial charge in [-0.2, -0.15) is 0 Å². The van der Waals surface area contributed by atoms with Gasteiger partial charge in [0, 0.05) is 10.7 Å². The molecule has 0 amide bonds.